The van der Waals surface area contributed by atoms with Crippen LogP contribution in [-0.4, -0.2) is 69.9 Å². The minimum atomic E-state index is -3.41. The molecule has 1 aromatic rings. The molecule has 0 amide bonds. The molecule has 0 spiro atoms. The number of anilines is 3. The summed E-state index contributed by atoms with van der Waals surface area (Å²) in [5.74, 6) is -0.370. The molecule has 2 saturated heterocycles. The van der Waals surface area contributed by atoms with Crippen molar-refractivity contribution in [3.63, 3.8) is 0 Å². The number of aliphatic hydroxyl groups excluding tert-OH is 1. The number of hydrogen-bond acceptors (Lipinski definition) is 12. The van der Waals surface area contributed by atoms with Crippen LogP contribution in [0.2, 0.25) is 0 Å². The standard InChI is InChI=1S/C10H16BN6O8P/c11-26(22)23-1-2-5(25-26)4(18)8(24-2)16-6-3(13-10(16)17(20)21)7(19)15-9(12)14-6/h2,4-5,8,10,13,18,22,26H,1,11H2,(H3,12,14,15,19). The molecule has 0 aromatic carbocycles. The SMILES string of the molecule is B[PH]1(O)OCC2OC(N3c4nc(N)[nH]c(=O)c4NC3[N+](=O)[O-])C(O)C2O1. The van der Waals surface area contributed by atoms with Crippen molar-refractivity contribution in [1.82, 2.24) is 9.97 Å². The van der Waals surface area contributed by atoms with Crippen molar-refractivity contribution in [3.05, 3.63) is 20.5 Å². The van der Waals surface area contributed by atoms with Crippen LogP contribution in [0.25, 0.3) is 0 Å². The number of H-pyrrole nitrogens is 1. The van der Waals surface area contributed by atoms with Crippen molar-refractivity contribution in [2.75, 3.05) is 22.6 Å². The first-order chi connectivity index (χ1) is 12.2. The van der Waals surface area contributed by atoms with E-state index in [1.165, 1.54) is 7.57 Å². The van der Waals surface area contributed by atoms with Gasteiger partial charge in [-0.2, -0.15) is 0 Å². The summed E-state index contributed by atoms with van der Waals surface area (Å²) in [6.07, 6.45) is -5.93. The van der Waals surface area contributed by atoms with Gasteiger partial charge in [0.05, 0.1) is 0 Å². The average Bonchev–Trinajstić information content (AvgIpc) is 3.05. The molecule has 3 aliphatic rings. The molecule has 5 unspecified atom stereocenters. The van der Waals surface area contributed by atoms with Crippen molar-refractivity contribution in [1.29, 1.82) is 0 Å². The zero-order valence-corrected chi connectivity index (χ0v) is 14.4. The van der Waals surface area contributed by atoms with Crippen molar-refractivity contribution in [3.8, 4) is 0 Å². The zero-order chi connectivity index (χ0) is 18.8. The van der Waals surface area contributed by atoms with Gasteiger partial charge in [-0.25, -0.2) is 0 Å². The van der Waals surface area contributed by atoms with Crippen LogP contribution in [-0.2, 0) is 13.8 Å². The van der Waals surface area contributed by atoms with E-state index in [0.29, 0.717) is 0 Å². The number of aliphatic hydroxyl groups is 1. The van der Waals surface area contributed by atoms with Crippen molar-refractivity contribution in [2.45, 2.75) is 30.8 Å². The predicted octanol–water partition coefficient (Wildman–Crippen LogP) is -3.32. The molecule has 0 aliphatic carbocycles. The maximum atomic E-state index is 12.0. The Bertz CT molecular complexity index is 823. The van der Waals surface area contributed by atoms with E-state index in [-0.39, 0.29) is 24.1 Å². The van der Waals surface area contributed by atoms with E-state index in [9.17, 15) is 24.9 Å². The van der Waals surface area contributed by atoms with Crippen LogP contribution >= 0.6 is 7.82 Å². The number of nitrogens with zero attached hydrogens (tertiary/aromatic N) is 3. The van der Waals surface area contributed by atoms with E-state index in [4.69, 9.17) is 19.5 Å². The Morgan fingerprint density at radius 1 is 1.54 bits per heavy atom. The van der Waals surface area contributed by atoms with Gasteiger partial charge in [-0.05, 0) is 0 Å². The van der Waals surface area contributed by atoms with Gasteiger partial charge in [-0.3, -0.25) is 0 Å². The molecule has 6 N–H and O–H groups in total. The van der Waals surface area contributed by atoms with E-state index < -0.39 is 49.1 Å². The summed E-state index contributed by atoms with van der Waals surface area (Å²) in [6.45, 7) is -0.0420. The second-order valence-corrected chi connectivity index (χ2v) is 8.53. The summed E-state index contributed by atoms with van der Waals surface area (Å²) in [6, 6.07) is 0. The Morgan fingerprint density at radius 2 is 2.27 bits per heavy atom. The molecule has 14 nitrogen and oxygen atoms in total. The van der Waals surface area contributed by atoms with Crippen LogP contribution in [0.4, 0.5) is 17.5 Å². The normalized spacial score (nSPS) is 36.1. The molecule has 16 heteroatoms. The molecular weight excluding hydrogens is 374 g/mol. The molecule has 142 valence electrons. The van der Waals surface area contributed by atoms with Gasteiger partial charge in [0, 0.05) is 0 Å². The van der Waals surface area contributed by atoms with E-state index in [1.807, 2.05) is 0 Å². The van der Waals surface area contributed by atoms with E-state index >= 15 is 0 Å². The summed E-state index contributed by atoms with van der Waals surface area (Å²) < 4.78 is 16.3. The number of hydrogen-bond donors (Lipinski definition) is 5. The number of rotatable bonds is 2. The van der Waals surface area contributed by atoms with Crippen LogP contribution in [0.1, 0.15) is 0 Å². The summed E-state index contributed by atoms with van der Waals surface area (Å²) >= 11 is 0. The van der Waals surface area contributed by atoms with Crippen LogP contribution < -0.4 is 21.5 Å². The molecule has 0 saturated carbocycles. The number of aromatic amines is 1. The number of aromatic nitrogens is 2. The number of fused-ring (bicyclic) bond motifs is 2. The van der Waals surface area contributed by atoms with Crippen LogP contribution in [0.5, 0.6) is 0 Å². The predicted molar refractivity (Wildman–Crippen MR) is 90.7 cm³/mol. The molecule has 4 heterocycles. The first-order valence-electron chi connectivity index (χ1n) is 7.64. The number of nitrogen functional groups attached to an aromatic ring is 1. The molecule has 0 radical (unpaired) electrons. The van der Waals surface area contributed by atoms with Crippen LogP contribution in [0, 0.1) is 10.1 Å². The van der Waals surface area contributed by atoms with Gasteiger partial charge >= 0.3 is 145 Å². The van der Waals surface area contributed by atoms with Gasteiger partial charge in [0.1, 0.15) is 0 Å². The molecule has 26 heavy (non-hydrogen) atoms. The molecule has 3 aliphatic heterocycles. The number of nitrogens with two attached hydrogens (primary N) is 1. The van der Waals surface area contributed by atoms with Gasteiger partial charge < -0.3 is 0 Å². The molecule has 0 bridgehead atoms. The van der Waals surface area contributed by atoms with Gasteiger partial charge in [-0.1, -0.05) is 0 Å². The fraction of sp³-hybridized carbons (Fsp3) is 0.600. The van der Waals surface area contributed by atoms with Crippen molar-refractivity contribution >= 4 is 32.8 Å². The van der Waals surface area contributed by atoms with E-state index in [1.54, 1.807) is 0 Å². The molecular formula is C10H16BN6O8P. The number of ether oxygens (including phenoxy) is 1. The van der Waals surface area contributed by atoms with Crippen LogP contribution in [0.15, 0.2) is 4.79 Å². The Balaban J connectivity index is 1.72. The zero-order valence-electron chi connectivity index (χ0n) is 13.4. The Labute approximate surface area is 146 Å². The number of nitrogens with one attached hydrogen (secondary N) is 2. The summed E-state index contributed by atoms with van der Waals surface area (Å²) in [5.41, 5.74) is 4.68. The molecule has 2 fully saturated rings. The Morgan fingerprint density at radius 3 is 2.96 bits per heavy atom. The van der Waals surface area contributed by atoms with Gasteiger partial charge in [-0.15, -0.1) is 0 Å². The molecule has 1 aromatic heterocycles. The number of nitro groups is 1. The summed E-state index contributed by atoms with van der Waals surface area (Å²) in [7, 11) is -2.03. The maximum absolute atomic E-state index is 12.0. The fourth-order valence-corrected chi connectivity index (χ4v) is 4.61. The minimum absolute atomic E-state index is 0.0420. The summed E-state index contributed by atoms with van der Waals surface area (Å²) in [5, 5.41) is 24.5. The quantitative estimate of drug-likeness (QED) is 0.146. The second-order valence-electron chi connectivity index (χ2n) is 6.21. The summed E-state index contributed by atoms with van der Waals surface area (Å²) in [4.78, 5) is 39.9. The monoisotopic (exact) mass is 390 g/mol. The van der Waals surface area contributed by atoms with Gasteiger partial charge in [0.15, 0.2) is 0 Å². The van der Waals surface area contributed by atoms with Gasteiger partial charge in [0.25, 0.3) is 0 Å². The first-order valence-corrected chi connectivity index (χ1v) is 9.90. The topological polar surface area (TPSA) is 198 Å². The van der Waals surface area contributed by atoms with Gasteiger partial charge in [0.2, 0.25) is 0 Å². The average molecular weight is 390 g/mol. The second kappa shape index (κ2) is 5.74. The van der Waals surface area contributed by atoms with E-state index in [0.717, 1.165) is 4.90 Å². The first kappa shape index (κ1) is 17.4. The molecule has 4 rings (SSSR count). The molecule has 5 atom stereocenters. The fourth-order valence-electron chi connectivity index (χ4n) is 3.28. The van der Waals surface area contributed by atoms with Crippen LogP contribution in [0.3, 0.4) is 0 Å². The Hall–Kier alpha value is -2.03. The Kier molecular flexibility index (Phi) is 3.84. The van der Waals surface area contributed by atoms with Crippen molar-refractivity contribution in [2.24, 2.45) is 0 Å². The third-order valence-electron chi connectivity index (χ3n) is 4.35. The third kappa shape index (κ3) is 2.60. The third-order valence-corrected chi connectivity index (χ3v) is 5.77. The van der Waals surface area contributed by atoms with E-state index in [2.05, 4.69) is 15.3 Å². The van der Waals surface area contributed by atoms with Crippen molar-refractivity contribution < 1.29 is 28.7 Å².